The third-order valence-electron chi connectivity index (χ3n) is 5.60. The summed E-state index contributed by atoms with van der Waals surface area (Å²) in [4.78, 5) is 27.5. The van der Waals surface area contributed by atoms with Gasteiger partial charge < -0.3 is 15.3 Å². The Morgan fingerprint density at radius 1 is 1.35 bits per heavy atom. The Balaban J connectivity index is 1.72. The monoisotopic (exact) mass is 505 g/mol. The molecule has 0 radical (unpaired) electrons. The van der Waals surface area contributed by atoms with Crippen molar-refractivity contribution in [2.45, 2.75) is 24.3 Å². The number of carbonyl (C=O) groups is 1. The summed E-state index contributed by atoms with van der Waals surface area (Å²) in [7, 11) is -4.30. The minimum Gasteiger partial charge on any atom is -0.465 e. The van der Waals surface area contributed by atoms with Crippen LogP contribution in [0.3, 0.4) is 0 Å². The smallest absolute Gasteiger partial charge is 0.407 e. The maximum absolute atomic E-state index is 13.7. The van der Waals surface area contributed by atoms with Crippen LogP contribution in [0, 0.1) is 17.0 Å². The summed E-state index contributed by atoms with van der Waals surface area (Å²) in [5, 5.41) is 24.9. The number of nitro groups is 1. The molecule has 34 heavy (non-hydrogen) atoms. The Kier molecular flexibility index (Phi) is 6.68. The number of sulfonamides is 1. The van der Waals surface area contributed by atoms with Gasteiger partial charge in [0.1, 0.15) is 0 Å². The number of hydrogen-bond acceptors (Lipinski definition) is 8. The van der Waals surface area contributed by atoms with Gasteiger partial charge in [-0.25, -0.2) is 18.2 Å². The van der Waals surface area contributed by atoms with Crippen molar-refractivity contribution < 1.29 is 23.2 Å². The van der Waals surface area contributed by atoms with E-state index < -0.39 is 31.6 Å². The molecular weight excluding hydrogens is 482 g/mol. The fraction of sp³-hybridized carbons (Fsp3) is 0.333. The molecule has 2 N–H and O–H groups in total. The third kappa shape index (κ3) is 4.81. The molecule has 13 heteroatoms. The summed E-state index contributed by atoms with van der Waals surface area (Å²) in [6, 6.07) is 10.1. The Morgan fingerprint density at radius 3 is 2.85 bits per heavy atom. The van der Waals surface area contributed by atoms with E-state index in [-0.39, 0.29) is 19.1 Å². The van der Waals surface area contributed by atoms with Gasteiger partial charge in [-0.2, -0.15) is 0 Å². The summed E-state index contributed by atoms with van der Waals surface area (Å²) in [6.07, 6.45) is -0.717. The molecule has 1 aromatic heterocycles. The Morgan fingerprint density at radius 2 is 2.12 bits per heavy atom. The van der Waals surface area contributed by atoms with Gasteiger partial charge in [-0.1, -0.05) is 12.1 Å². The maximum Gasteiger partial charge on any atom is 0.407 e. The second-order valence-electron chi connectivity index (χ2n) is 7.86. The zero-order valence-electron chi connectivity index (χ0n) is 18.2. The van der Waals surface area contributed by atoms with E-state index in [0.29, 0.717) is 25.2 Å². The van der Waals surface area contributed by atoms with E-state index in [9.17, 15) is 28.4 Å². The first-order valence-electron chi connectivity index (χ1n) is 10.5. The van der Waals surface area contributed by atoms with E-state index in [1.807, 2.05) is 6.92 Å². The number of hydrogen-bond donors (Lipinski definition) is 2. The number of nitrogens with one attached hydrogen (secondary N) is 1. The highest BCUT2D eigenvalue weighted by Crippen LogP contribution is 2.33. The van der Waals surface area contributed by atoms with Crippen molar-refractivity contribution in [2.75, 3.05) is 30.5 Å². The fourth-order valence-electron chi connectivity index (χ4n) is 3.98. The lowest BCUT2D eigenvalue weighted by molar-refractivity contribution is -0.387. The molecule has 1 unspecified atom stereocenters. The molecule has 1 amide bonds. The predicted molar refractivity (Wildman–Crippen MR) is 128 cm³/mol. The quantitative estimate of drug-likeness (QED) is 0.368. The highest BCUT2D eigenvalue weighted by Gasteiger charge is 2.33. The van der Waals surface area contributed by atoms with Crippen molar-refractivity contribution in [3.63, 3.8) is 0 Å². The average molecular weight is 506 g/mol. The summed E-state index contributed by atoms with van der Waals surface area (Å²) in [5.41, 5.74) is 0.593. The molecule has 0 spiro atoms. The first-order valence-corrected chi connectivity index (χ1v) is 12.8. The Labute approximate surface area is 199 Å². The maximum atomic E-state index is 13.7. The molecule has 4 rings (SSSR count). The van der Waals surface area contributed by atoms with Crippen molar-refractivity contribution in [1.29, 1.82) is 0 Å². The highest BCUT2D eigenvalue weighted by atomic mass is 32.2. The van der Waals surface area contributed by atoms with Gasteiger partial charge in [-0.15, -0.1) is 11.3 Å². The number of nitrogens with zero attached hydrogens (tertiary/aromatic N) is 4. The number of aromatic nitrogens is 1. The van der Waals surface area contributed by atoms with Crippen LogP contribution in [0.4, 0.5) is 16.2 Å². The zero-order chi connectivity index (χ0) is 24.5. The molecule has 1 fully saturated rings. The van der Waals surface area contributed by atoms with Gasteiger partial charge in [-0.05, 0) is 37.6 Å². The van der Waals surface area contributed by atoms with Crippen LogP contribution in [0.2, 0.25) is 0 Å². The molecule has 0 saturated carbocycles. The summed E-state index contributed by atoms with van der Waals surface area (Å²) < 4.78 is 29.4. The summed E-state index contributed by atoms with van der Waals surface area (Å²) in [6.45, 7) is 2.89. The van der Waals surface area contributed by atoms with Crippen molar-refractivity contribution >= 4 is 49.0 Å². The van der Waals surface area contributed by atoms with Crippen LogP contribution in [0.1, 0.15) is 11.4 Å². The molecule has 1 saturated heterocycles. The van der Waals surface area contributed by atoms with Crippen LogP contribution in [-0.2, 0) is 10.0 Å². The molecule has 2 heterocycles. The van der Waals surface area contributed by atoms with Crippen LogP contribution < -0.4 is 9.62 Å². The largest absolute Gasteiger partial charge is 0.465 e. The second-order valence-corrected chi connectivity index (χ2v) is 10.9. The van der Waals surface area contributed by atoms with Crippen LogP contribution in [0.5, 0.6) is 0 Å². The van der Waals surface area contributed by atoms with E-state index >= 15 is 0 Å². The lowest BCUT2D eigenvalue weighted by atomic mass is 10.1. The van der Waals surface area contributed by atoms with Gasteiger partial charge in [-0.3, -0.25) is 14.4 Å². The number of amides is 1. The molecule has 180 valence electrons. The minimum atomic E-state index is -4.30. The number of thiazole rings is 1. The molecule has 1 aliphatic heterocycles. The van der Waals surface area contributed by atoms with Crippen molar-refractivity contribution in [2.24, 2.45) is 0 Å². The molecule has 2 aromatic carbocycles. The number of nitro benzene ring substituents is 1. The lowest BCUT2D eigenvalue weighted by Gasteiger charge is -2.33. The number of aryl methyl sites for hydroxylation is 1. The standard InChI is InChI=1S/C21H23N5O6S2/c1-14-23-17-7-6-16(12-19(17)33-14)25(10-8-15-13-24(21(27)28)11-9-22-15)34(31,32)20-5-3-2-4-18(20)26(29)30/h2-7,12,15,22H,8-11,13H2,1H3,(H,27,28). The van der Waals surface area contributed by atoms with Crippen molar-refractivity contribution in [3.8, 4) is 0 Å². The van der Waals surface area contributed by atoms with Crippen molar-refractivity contribution in [1.82, 2.24) is 15.2 Å². The van der Waals surface area contributed by atoms with E-state index in [1.54, 1.807) is 18.2 Å². The van der Waals surface area contributed by atoms with E-state index in [1.165, 1.54) is 34.4 Å². The Hall–Kier alpha value is -3.29. The lowest BCUT2D eigenvalue weighted by Crippen LogP contribution is -2.53. The Bertz CT molecular complexity index is 1340. The van der Waals surface area contributed by atoms with E-state index in [4.69, 9.17) is 0 Å². The molecular formula is C21H23N5O6S2. The highest BCUT2D eigenvalue weighted by molar-refractivity contribution is 7.93. The number of benzene rings is 2. The molecule has 3 aromatic rings. The van der Waals surface area contributed by atoms with Gasteiger partial charge in [0, 0.05) is 38.3 Å². The van der Waals surface area contributed by atoms with E-state index in [0.717, 1.165) is 25.6 Å². The molecule has 0 aliphatic carbocycles. The number of piperazine rings is 1. The van der Waals surface area contributed by atoms with E-state index in [2.05, 4.69) is 10.3 Å². The van der Waals surface area contributed by atoms with Crippen LogP contribution in [0.15, 0.2) is 47.4 Å². The minimum absolute atomic E-state index is 0.00278. The average Bonchev–Trinajstić information content (AvgIpc) is 3.18. The number of rotatable bonds is 7. The first kappa shape index (κ1) is 23.9. The van der Waals surface area contributed by atoms with Crippen LogP contribution in [-0.4, -0.2) is 66.6 Å². The number of fused-ring (bicyclic) bond motifs is 1. The van der Waals surface area contributed by atoms with Gasteiger partial charge in [0.25, 0.3) is 15.7 Å². The second kappa shape index (κ2) is 9.52. The van der Waals surface area contributed by atoms with Crippen LogP contribution >= 0.6 is 11.3 Å². The SMILES string of the molecule is Cc1nc2ccc(N(CCC3CN(C(=O)O)CCN3)S(=O)(=O)c3ccccc3[N+](=O)[O-])cc2s1. The zero-order valence-corrected chi connectivity index (χ0v) is 19.9. The van der Waals surface area contributed by atoms with Gasteiger partial charge in [0.15, 0.2) is 4.90 Å². The predicted octanol–water partition coefficient (Wildman–Crippen LogP) is 3.05. The fourth-order valence-corrected chi connectivity index (χ4v) is 6.47. The molecule has 11 nitrogen and oxygen atoms in total. The topological polar surface area (TPSA) is 146 Å². The van der Waals surface area contributed by atoms with Crippen molar-refractivity contribution in [3.05, 3.63) is 57.6 Å². The van der Waals surface area contributed by atoms with Gasteiger partial charge in [0.2, 0.25) is 0 Å². The molecule has 1 atom stereocenters. The van der Waals surface area contributed by atoms with Gasteiger partial charge >= 0.3 is 6.09 Å². The molecule has 1 aliphatic rings. The van der Waals surface area contributed by atoms with Crippen LogP contribution in [0.25, 0.3) is 10.2 Å². The third-order valence-corrected chi connectivity index (χ3v) is 8.41. The first-order chi connectivity index (χ1) is 16.2. The summed E-state index contributed by atoms with van der Waals surface area (Å²) in [5.74, 6) is 0. The number of anilines is 1. The number of carboxylic acid groups (broad SMARTS) is 1. The summed E-state index contributed by atoms with van der Waals surface area (Å²) >= 11 is 1.42. The van der Waals surface area contributed by atoms with Gasteiger partial charge in [0.05, 0.1) is 25.8 Å². The number of para-hydroxylation sites is 1. The molecule has 0 bridgehead atoms. The normalized spacial score (nSPS) is 16.5.